The van der Waals surface area contributed by atoms with Gasteiger partial charge < -0.3 is 9.84 Å². The van der Waals surface area contributed by atoms with Crippen molar-refractivity contribution in [2.75, 3.05) is 7.11 Å². The summed E-state index contributed by atoms with van der Waals surface area (Å²) in [4.78, 5) is 10.4. The minimum Gasteiger partial charge on any atom is -0.496 e. The molecule has 0 amide bonds. The Kier molecular flexibility index (Phi) is 5.72. The van der Waals surface area contributed by atoms with E-state index in [1.54, 1.807) is 7.11 Å². The van der Waals surface area contributed by atoms with Gasteiger partial charge in [0.2, 0.25) is 0 Å². The van der Waals surface area contributed by atoms with Gasteiger partial charge in [-0.25, -0.2) is 0 Å². The summed E-state index contributed by atoms with van der Waals surface area (Å²) in [5.41, 5.74) is 1.87. The van der Waals surface area contributed by atoms with Gasteiger partial charge in [-0.05, 0) is 37.5 Å². The zero-order chi connectivity index (χ0) is 13.5. The third kappa shape index (κ3) is 4.41. The number of benzene rings is 1. The average molecular weight is 269 g/mol. The van der Waals surface area contributed by atoms with E-state index in [0.717, 1.165) is 23.3 Å². The lowest BCUT2D eigenvalue weighted by Crippen LogP contribution is -1.92. The molecule has 0 fully saturated rings. The van der Waals surface area contributed by atoms with Gasteiger partial charge in [-0.15, -0.1) is 0 Å². The Morgan fingerprint density at radius 1 is 1.50 bits per heavy atom. The van der Waals surface area contributed by atoms with Crippen molar-refractivity contribution < 1.29 is 14.6 Å². The Morgan fingerprint density at radius 2 is 2.22 bits per heavy atom. The molecule has 0 spiro atoms. The molecular formula is C14H17ClO3. The largest absolute Gasteiger partial charge is 0.496 e. The normalized spacial score (nSPS) is 10.8. The number of rotatable bonds is 6. The van der Waals surface area contributed by atoms with Crippen molar-refractivity contribution in [1.82, 2.24) is 0 Å². The number of methoxy groups -OCH3 is 1. The first-order valence-electron chi connectivity index (χ1n) is 5.77. The lowest BCUT2D eigenvalue weighted by atomic mass is 10.1. The topological polar surface area (TPSA) is 46.5 Å². The molecule has 1 aromatic rings. The van der Waals surface area contributed by atoms with Crippen molar-refractivity contribution in [3.63, 3.8) is 0 Å². The summed E-state index contributed by atoms with van der Waals surface area (Å²) in [6.07, 6.45) is 5.39. The molecule has 3 nitrogen and oxygen atoms in total. The van der Waals surface area contributed by atoms with Crippen LogP contribution >= 0.6 is 11.6 Å². The van der Waals surface area contributed by atoms with Gasteiger partial charge in [0, 0.05) is 17.0 Å². The fourth-order valence-corrected chi connectivity index (χ4v) is 1.73. The summed E-state index contributed by atoms with van der Waals surface area (Å²) in [6.45, 7) is 1.92. The third-order valence-electron chi connectivity index (χ3n) is 2.57. The summed E-state index contributed by atoms with van der Waals surface area (Å²) in [5.74, 6) is 0.00532. The second-order valence-corrected chi connectivity index (χ2v) is 4.44. The molecule has 1 rings (SSSR count). The van der Waals surface area contributed by atoms with E-state index >= 15 is 0 Å². The highest BCUT2D eigenvalue weighted by atomic mass is 35.5. The highest BCUT2D eigenvalue weighted by Gasteiger charge is 2.04. The number of hydrogen-bond donors (Lipinski definition) is 1. The molecule has 0 aromatic heterocycles. The molecular weight excluding hydrogens is 252 g/mol. The van der Waals surface area contributed by atoms with Crippen LogP contribution in [-0.4, -0.2) is 18.2 Å². The van der Waals surface area contributed by atoms with Crippen LogP contribution in [0.15, 0.2) is 18.2 Å². The van der Waals surface area contributed by atoms with E-state index in [-0.39, 0.29) is 6.42 Å². The Morgan fingerprint density at radius 3 is 2.83 bits per heavy atom. The molecule has 0 aliphatic carbocycles. The molecule has 0 aliphatic rings. The molecule has 1 aromatic carbocycles. The molecule has 98 valence electrons. The van der Waals surface area contributed by atoms with E-state index in [1.165, 1.54) is 0 Å². The maximum atomic E-state index is 10.4. The lowest BCUT2D eigenvalue weighted by molar-refractivity contribution is -0.137. The van der Waals surface area contributed by atoms with Crippen LogP contribution in [0, 0.1) is 6.92 Å². The molecule has 0 radical (unpaired) electrons. The zero-order valence-electron chi connectivity index (χ0n) is 10.6. The van der Waals surface area contributed by atoms with E-state index in [1.807, 2.05) is 31.2 Å². The summed E-state index contributed by atoms with van der Waals surface area (Å²) >= 11 is 6.06. The number of carboxylic acids is 1. The van der Waals surface area contributed by atoms with Crippen molar-refractivity contribution in [2.45, 2.75) is 26.2 Å². The average Bonchev–Trinajstić information content (AvgIpc) is 2.32. The van der Waals surface area contributed by atoms with Gasteiger partial charge in [-0.3, -0.25) is 4.79 Å². The number of aryl methyl sites for hydroxylation is 1. The molecule has 1 N–H and O–H groups in total. The van der Waals surface area contributed by atoms with Crippen LogP contribution in [0.3, 0.4) is 0 Å². The first-order chi connectivity index (χ1) is 8.54. The Labute approximate surface area is 112 Å². The maximum Gasteiger partial charge on any atom is 0.303 e. The molecule has 0 heterocycles. The van der Waals surface area contributed by atoms with Gasteiger partial charge in [0.25, 0.3) is 0 Å². The standard InChI is InChI=1S/C14H17ClO3/c1-10-8-13(18-2)11(9-12(10)15)6-4-3-5-7-14(16)17/h4,6,8-9H,3,5,7H2,1-2H3,(H,16,17)/b6-4+. The predicted octanol–water partition coefficient (Wildman–Crippen LogP) is 3.93. The molecule has 18 heavy (non-hydrogen) atoms. The number of ether oxygens (including phenoxy) is 1. The van der Waals surface area contributed by atoms with E-state index in [2.05, 4.69) is 0 Å². The Bertz CT molecular complexity index is 453. The van der Waals surface area contributed by atoms with Crippen LogP contribution in [-0.2, 0) is 4.79 Å². The number of hydrogen-bond acceptors (Lipinski definition) is 2. The van der Waals surface area contributed by atoms with E-state index in [4.69, 9.17) is 21.4 Å². The van der Waals surface area contributed by atoms with Gasteiger partial charge in [0.05, 0.1) is 7.11 Å². The van der Waals surface area contributed by atoms with Gasteiger partial charge in [-0.2, -0.15) is 0 Å². The van der Waals surface area contributed by atoms with E-state index in [9.17, 15) is 4.79 Å². The van der Waals surface area contributed by atoms with Crippen LogP contribution in [0.4, 0.5) is 0 Å². The molecule has 4 heteroatoms. The summed E-state index contributed by atoms with van der Waals surface area (Å²) in [6, 6.07) is 3.74. The van der Waals surface area contributed by atoms with Crippen LogP contribution < -0.4 is 4.74 Å². The van der Waals surface area contributed by atoms with Crippen molar-refractivity contribution in [1.29, 1.82) is 0 Å². The predicted molar refractivity (Wildman–Crippen MR) is 73.3 cm³/mol. The van der Waals surface area contributed by atoms with Gasteiger partial charge in [0.15, 0.2) is 0 Å². The number of allylic oxidation sites excluding steroid dienone is 1. The highest BCUT2D eigenvalue weighted by Crippen LogP contribution is 2.27. The molecule has 0 saturated heterocycles. The van der Waals surface area contributed by atoms with Crippen molar-refractivity contribution in [2.24, 2.45) is 0 Å². The lowest BCUT2D eigenvalue weighted by Gasteiger charge is -2.07. The van der Waals surface area contributed by atoms with Crippen LogP contribution in [0.1, 0.15) is 30.4 Å². The Balaban J connectivity index is 2.68. The van der Waals surface area contributed by atoms with Crippen LogP contribution in [0.5, 0.6) is 5.75 Å². The Hall–Kier alpha value is -1.48. The van der Waals surface area contributed by atoms with Crippen LogP contribution in [0.2, 0.25) is 5.02 Å². The molecule has 0 saturated carbocycles. The summed E-state index contributed by atoms with van der Waals surface area (Å²) < 4.78 is 5.27. The van der Waals surface area contributed by atoms with E-state index in [0.29, 0.717) is 11.4 Å². The smallest absolute Gasteiger partial charge is 0.303 e. The van der Waals surface area contributed by atoms with E-state index < -0.39 is 5.97 Å². The first-order valence-corrected chi connectivity index (χ1v) is 6.15. The fraction of sp³-hybridized carbons (Fsp3) is 0.357. The fourth-order valence-electron chi connectivity index (χ4n) is 1.56. The van der Waals surface area contributed by atoms with Crippen molar-refractivity contribution in [3.8, 4) is 5.75 Å². The number of aliphatic carboxylic acids is 1. The second-order valence-electron chi connectivity index (χ2n) is 4.03. The quantitative estimate of drug-likeness (QED) is 0.795. The third-order valence-corrected chi connectivity index (χ3v) is 2.98. The summed E-state index contributed by atoms with van der Waals surface area (Å²) in [5, 5.41) is 9.21. The first kappa shape index (κ1) is 14.6. The molecule has 0 unspecified atom stereocenters. The zero-order valence-corrected chi connectivity index (χ0v) is 11.3. The molecule has 0 atom stereocenters. The monoisotopic (exact) mass is 268 g/mol. The van der Waals surface area contributed by atoms with Crippen molar-refractivity contribution >= 4 is 23.6 Å². The molecule has 0 bridgehead atoms. The van der Waals surface area contributed by atoms with Gasteiger partial charge >= 0.3 is 5.97 Å². The van der Waals surface area contributed by atoms with Crippen molar-refractivity contribution in [3.05, 3.63) is 34.4 Å². The SMILES string of the molecule is COc1cc(C)c(Cl)cc1/C=C/CCCC(=O)O. The number of carboxylic acid groups (broad SMARTS) is 1. The number of unbranched alkanes of at least 4 members (excludes halogenated alkanes) is 1. The highest BCUT2D eigenvalue weighted by molar-refractivity contribution is 6.31. The second kappa shape index (κ2) is 7.07. The van der Waals surface area contributed by atoms with Crippen LogP contribution in [0.25, 0.3) is 6.08 Å². The molecule has 0 aliphatic heterocycles. The van der Waals surface area contributed by atoms with Gasteiger partial charge in [-0.1, -0.05) is 23.8 Å². The maximum absolute atomic E-state index is 10.4. The number of halogens is 1. The van der Waals surface area contributed by atoms with Gasteiger partial charge in [0.1, 0.15) is 5.75 Å². The minimum atomic E-state index is -0.764. The minimum absolute atomic E-state index is 0.191. The summed E-state index contributed by atoms with van der Waals surface area (Å²) in [7, 11) is 1.62. The number of carbonyl (C=O) groups is 1.